The highest BCUT2D eigenvalue weighted by molar-refractivity contribution is 6.18. The number of alkyl halides is 1. The molecule has 0 saturated carbocycles. The quantitative estimate of drug-likeness (QED) is 0.784. The topological polar surface area (TPSA) is 29.5 Å². The molecule has 14 heavy (non-hydrogen) atoms. The minimum atomic E-state index is -0.661. The molecule has 0 radical (unpaired) electrons. The molecular weight excluding hydrogens is 200 g/mol. The minimum absolute atomic E-state index is 0.179. The molecular formula is C11H15ClO2. The van der Waals surface area contributed by atoms with Gasteiger partial charge in [-0.1, -0.05) is 0 Å². The van der Waals surface area contributed by atoms with Crippen LogP contribution in [0, 0.1) is 13.8 Å². The number of aliphatic hydroxyl groups excluding tert-OH is 1. The van der Waals surface area contributed by atoms with Crippen LogP contribution < -0.4 is 4.74 Å². The number of aryl methyl sites for hydroxylation is 2. The molecule has 1 rings (SSSR count). The number of ether oxygens (including phenoxy) is 1. The van der Waals surface area contributed by atoms with E-state index in [9.17, 15) is 5.11 Å². The second-order valence-electron chi connectivity index (χ2n) is 3.35. The Labute approximate surface area is 89.5 Å². The van der Waals surface area contributed by atoms with Gasteiger partial charge in [-0.05, 0) is 37.1 Å². The van der Waals surface area contributed by atoms with Crippen molar-refractivity contribution in [3.8, 4) is 5.75 Å². The summed E-state index contributed by atoms with van der Waals surface area (Å²) in [5, 5.41) is 9.64. The average Bonchev–Trinajstić information content (AvgIpc) is 2.20. The Kier molecular flexibility index (Phi) is 3.78. The van der Waals surface area contributed by atoms with Crippen molar-refractivity contribution in [1.29, 1.82) is 0 Å². The summed E-state index contributed by atoms with van der Waals surface area (Å²) in [5.74, 6) is 0.875. The highest BCUT2D eigenvalue weighted by Crippen LogP contribution is 2.28. The molecule has 2 nitrogen and oxygen atoms in total. The van der Waals surface area contributed by atoms with Gasteiger partial charge in [0.1, 0.15) is 5.75 Å². The largest absolute Gasteiger partial charge is 0.496 e. The molecule has 0 aliphatic rings. The number of hydrogen-bond acceptors (Lipinski definition) is 2. The van der Waals surface area contributed by atoms with E-state index in [-0.39, 0.29) is 5.88 Å². The molecule has 0 fully saturated rings. The van der Waals surface area contributed by atoms with Crippen molar-refractivity contribution in [2.45, 2.75) is 20.0 Å². The van der Waals surface area contributed by atoms with Gasteiger partial charge in [0.25, 0.3) is 0 Å². The lowest BCUT2D eigenvalue weighted by Gasteiger charge is -2.14. The van der Waals surface area contributed by atoms with Gasteiger partial charge in [0, 0.05) is 5.56 Å². The Balaban J connectivity index is 3.19. The molecule has 1 unspecified atom stereocenters. The van der Waals surface area contributed by atoms with Crippen LogP contribution in [0.25, 0.3) is 0 Å². The maximum atomic E-state index is 9.64. The zero-order valence-corrected chi connectivity index (χ0v) is 9.43. The monoisotopic (exact) mass is 214 g/mol. The van der Waals surface area contributed by atoms with Crippen LogP contribution in [0.5, 0.6) is 5.75 Å². The molecule has 0 aromatic heterocycles. The van der Waals surface area contributed by atoms with E-state index < -0.39 is 6.10 Å². The number of rotatable bonds is 3. The molecule has 0 aliphatic carbocycles. The third kappa shape index (κ3) is 2.20. The third-order valence-electron chi connectivity index (χ3n) is 2.35. The van der Waals surface area contributed by atoms with Crippen LogP contribution >= 0.6 is 11.6 Å². The van der Waals surface area contributed by atoms with E-state index in [4.69, 9.17) is 16.3 Å². The highest BCUT2D eigenvalue weighted by atomic mass is 35.5. The van der Waals surface area contributed by atoms with E-state index in [0.717, 1.165) is 16.7 Å². The Hall–Kier alpha value is -0.730. The van der Waals surface area contributed by atoms with E-state index >= 15 is 0 Å². The van der Waals surface area contributed by atoms with Gasteiger partial charge in [-0.3, -0.25) is 0 Å². The molecule has 0 amide bonds. The van der Waals surface area contributed by atoms with Crippen molar-refractivity contribution in [3.63, 3.8) is 0 Å². The summed E-state index contributed by atoms with van der Waals surface area (Å²) >= 11 is 5.60. The number of benzene rings is 1. The molecule has 0 saturated heterocycles. The Morgan fingerprint density at radius 2 is 1.93 bits per heavy atom. The molecule has 1 atom stereocenters. The zero-order chi connectivity index (χ0) is 10.7. The maximum Gasteiger partial charge on any atom is 0.124 e. The van der Waals surface area contributed by atoms with Crippen LogP contribution in [-0.2, 0) is 0 Å². The fraction of sp³-hybridized carbons (Fsp3) is 0.455. The lowest BCUT2D eigenvalue weighted by Crippen LogP contribution is -2.03. The highest BCUT2D eigenvalue weighted by Gasteiger charge is 2.13. The first kappa shape index (κ1) is 11.3. The standard InChI is InChI=1S/C11H15ClO2/c1-7-4-9(10(13)6-12)11(14-3)5-8(7)2/h4-5,10,13H,6H2,1-3H3. The van der Waals surface area contributed by atoms with E-state index in [0.29, 0.717) is 5.75 Å². The SMILES string of the molecule is COc1cc(C)c(C)cc1C(O)CCl. The van der Waals surface area contributed by atoms with Gasteiger partial charge < -0.3 is 9.84 Å². The van der Waals surface area contributed by atoms with Crippen molar-refractivity contribution in [2.75, 3.05) is 13.0 Å². The van der Waals surface area contributed by atoms with E-state index in [2.05, 4.69) is 0 Å². The summed E-state index contributed by atoms with van der Waals surface area (Å²) in [5.41, 5.74) is 3.03. The van der Waals surface area contributed by atoms with Gasteiger partial charge in [0.2, 0.25) is 0 Å². The molecule has 0 heterocycles. The lowest BCUT2D eigenvalue weighted by molar-refractivity contribution is 0.197. The third-order valence-corrected chi connectivity index (χ3v) is 2.64. The summed E-state index contributed by atoms with van der Waals surface area (Å²) in [7, 11) is 1.59. The lowest BCUT2D eigenvalue weighted by atomic mass is 10.0. The fourth-order valence-corrected chi connectivity index (χ4v) is 1.50. The molecule has 0 aliphatic heterocycles. The molecule has 78 valence electrons. The summed E-state index contributed by atoms with van der Waals surface area (Å²) in [6, 6.07) is 3.83. The molecule has 1 aromatic rings. The normalized spacial score (nSPS) is 12.6. The summed E-state index contributed by atoms with van der Waals surface area (Å²) in [6.45, 7) is 4.01. The summed E-state index contributed by atoms with van der Waals surface area (Å²) in [6.07, 6.45) is -0.661. The van der Waals surface area contributed by atoms with Crippen molar-refractivity contribution in [3.05, 3.63) is 28.8 Å². The van der Waals surface area contributed by atoms with Crippen molar-refractivity contribution in [2.24, 2.45) is 0 Å². The van der Waals surface area contributed by atoms with Crippen molar-refractivity contribution < 1.29 is 9.84 Å². The number of hydrogen-bond donors (Lipinski definition) is 1. The first-order valence-corrected chi connectivity index (χ1v) is 5.02. The van der Waals surface area contributed by atoms with Crippen molar-refractivity contribution >= 4 is 11.6 Å². The predicted octanol–water partition coefficient (Wildman–Crippen LogP) is 2.58. The number of methoxy groups -OCH3 is 1. The second-order valence-corrected chi connectivity index (χ2v) is 3.66. The van der Waals surface area contributed by atoms with Gasteiger partial charge in [0.15, 0.2) is 0 Å². The van der Waals surface area contributed by atoms with Crippen molar-refractivity contribution in [1.82, 2.24) is 0 Å². The first-order valence-electron chi connectivity index (χ1n) is 4.49. The van der Waals surface area contributed by atoms with Crippen LogP contribution in [0.1, 0.15) is 22.8 Å². The van der Waals surface area contributed by atoms with Crippen LogP contribution in [-0.4, -0.2) is 18.1 Å². The minimum Gasteiger partial charge on any atom is -0.496 e. The van der Waals surface area contributed by atoms with E-state index in [1.165, 1.54) is 0 Å². The molecule has 0 spiro atoms. The van der Waals surface area contributed by atoms with Crippen LogP contribution in [0.3, 0.4) is 0 Å². The summed E-state index contributed by atoms with van der Waals surface area (Å²) < 4.78 is 5.19. The van der Waals surface area contributed by atoms with E-state index in [1.54, 1.807) is 7.11 Å². The van der Waals surface area contributed by atoms with Gasteiger partial charge in [0.05, 0.1) is 19.1 Å². The Morgan fingerprint density at radius 1 is 1.36 bits per heavy atom. The van der Waals surface area contributed by atoms with Gasteiger partial charge in [-0.25, -0.2) is 0 Å². The maximum absolute atomic E-state index is 9.64. The van der Waals surface area contributed by atoms with Gasteiger partial charge in [-0.2, -0.15) is 0 Å². The molecule has 3 heteroatoms. The number of halogens is 1. The molecule has 0 bridgehead atoms. The average molecular weight is 215 g/mol. The van der Waals surface area contributed by atoms with Gasteiger partial charge in [-0.15, -0.1) is 11.6 Å². The number of aliphatic hydroxyl groups is 1. The Bertz CT molecular complexity index is 323. The summed E-state index contributed by atoms with van der Waals surface area (Å²) in [4.78, 5) is 0. The molecule has 1 N–H and O–H groups in total. The van der Waals surface area contributed by atoms with Gasteiger partial charge >= 0.3 is 0 Å². The zero-order valence-electron chi connectivity index (χ0n) is 8.67. The Morgan fingerprint density at radius 3 is 2.43 bits per heavy atom. The van der Waals surface area contributed by atoms with E-state index in [1.807, 2.05) is 26.0 Å². The van der Waals surface area contributed by atoms with Crippen LogP contribution in [0.4, 0.5) is 0 Å². The first-order chi connectivity index (χ1) is 6.60. The van der Waals surface area contributed by atoms with Crippen LogP contribution in [0.15, 0.2) is 12.1 Å². The van der Waals surface area contributed by atoms with Crippen LogP contribution in [0.2, 0.25) is 0 Å². The second kappa shape index (κ2) is 4.67. The molecule has 1 aromatic carbocycles. The smallest absolute Gasteiger partial charge is 0.124 e. The predicted molar refractivity (Wildman–Crippen MR) is 58.1 cm³/mol. The fourth-order valence-electron chi connectivity index (χ4n) is 1.33.